The molecule has 0 bridgehead atoms. The van der Waals surface area contributed by atoms with Crippen molar-refractivity contribution in [2.24, 2.45) is 0 Å². The number of hydrogen-bond donors (Lipinski definition) is 2. The van der Waals surface area contributed by atoms with Crippen LogP contribution in [0.3, 0.4) is 0 Å². The second kappa shape index (κ2) is 3.98. The molecule has 6 heteroatoms. The number of aromatic nitrogens is 2. The third kappa shape index (κ3) is 1.88. The lowest BCUT2D eigenvalue weighted by atomic mass is 10.2. The molecule has 1 amide bonds. The molecule has 2 rings (SSSR count). The van der Waals surface area contributed by atoms with Crippen molar-refractivity contribution in [3.63, 3.8) is 0 Å². The molecule has 2 N–H and O–H groups in total. The van der Waals surface area contributed by atoms with Gasteiger partial charge in [0.25, 0.3) is 5.91 Å². The smallest absolute Gasteiger partial charge is 0.254 e. The number of carbonyl (C=O) groups excluding carboxylic acids is 1. The predicted molar refractivity (Wildman–Crippen MR) is 50.3 cm³/mol. The van der Waals surface area contributed by atoms with Crippen molar-refractivity contribution in [2.45, 2.75) is 11.4 Å². The second-order valence-corrected chi connectivity index (χ2v) is 3.68. The fourth-order valence-corrected chi connectivity index (χ4v) is 1.51. The van der Waals surface area contributed by atoms with Gasteiger partial charge in [-0.1, -0.05) is 0 Å². The van der Waals surface area contributed by atoms with Crippen LogP contribution in [0.5, 0.6) is 0 Å². The minimum absolute atomic E-state index is 0.112. The average Bonchev–Trinajstić information content (AvgIpc) is 2.77. The van der Waals surface area contributed by atoms with Gasteiger partial charge in [0.2, 0.25) is 0 Å². The molecular weight excluding hydrogens is 206 g/mol. The number of alkyl halides is 1. The standard InChI is InChI=1S/C8H10ClN3O2/c9-6-3-14-4-7(6)12-8(13)5-1-10-11-2-5/h1-2,6-7H,3-4H2,(H,10,11)(H,12,13). The first-order valence-electron chi connectivity index (χ1n) is 4.29. The van der Waals surface area contributed by atoms with Crippen molar-refractivity contribution < 1.29 is 9.53 Å². The Balaban J connectivity index is 1.95. The molecule has 1 fully saturated rings. The van der Waals surface area contributed by atoms with Crippen molar-refractivity contribution >= 4 is 17.5 Å². The Morgan fingerprint density at radius 3 is 3.14 bits per heavy atom. The van der Waals surface area contributed by atoms with Crippen LogP contribution in [0.15, 0.2) is 12.4 Å². The number of hydrogen-bond acceptors (Lipinski definition) is 3. The van der Waals surface area contributed by atoms with Crippen molar-refractivity contribution in [1.82, 2.24) is 15.5 Å². The molecule has 1 aliphatic heterocycles. The molecule has 0 radical (unpaired) electrons. The molecule has 0 saturated carbocycles. The molecule has 76 valence electrons. The van der Waals surface area contributed by atoms with E-state index < -0.39 is 0 Å². The number of carbonyl (C=O) groups is 1. The van der Waals surface area contributed by atoms with Gasteiger partial charge >= 0.3 is 0 Å². The zero-order chi connectivity index (χ0) is 9.97. The highest BCUT2D eigenvalue weighted by atomic mass is 35.5. The van der Waals surface area contributed by atoms with E-state index in [1.807, 2.05) is 0 Å². The van der Waals surface area contributed by atoms with Crippen LogP contribution in [0.2, 0.25) is 0 Å². The highest BCUT2D eigenvalue weighted by molar-refractivity contribution is 6.21. The Bertz CT molecular complexity index is 314. The van der Waals surface area contributed by atoms with Gasteiger partial charge in [-0.25, -0.2) is 0 Å². The fraction of sp³-hybridized carbons (Fsp3) is 0.500. The summed E-state index contributed by atoms with van der Waals surface area (Å²) < 4.78 is 5.12. The Kier molecular flexibility index (Phi) is 2.69. The lowest BCUT2D eigenvalue weighted by Gasteiger charge is -2.12. The van der Waals surface area contributed by atoms with Gasteiger partial charge in [-0.3, -0.25) is 9.89 Å². The zero-order valence-electron chi connectivity index (χ0n) is 7.37. The zero-order valence-corrected chi connectivity index (χ0v) is 8.12. The number of H-pyrrole nitrogens is 1. The third-order valence-corrected chi connectivity index (χ3v) is 2.52. The third-order valence-electron chi connectivity index (χ3n) is 2.09. The molecule has 0 spiro atoms. The minimum Gasteiger partial charge on any atom is -0.378 e. The number of nitrogens with zero attached hydrogens (tertiary/aromatic N) is 1. The summed E-state index contributed by atoms with van der Waals surface area (Å²) >= 11 is 5.92. The summed E-state index contributed by atoms with van der Waals surface area (Å²) in [6, 6.07) is -0.112. The second-order valence-electron chi connectivity index (χ2n) is 3.12. The number of amides is 1. The van der Waals surface area contributed by atoms with Gasteiger partial charge in [-0.05, 0) is 0 Å². The van der Waals surface area contributed by atoms with Gasteiger partial charge in [-0.15, -0.1) is 11.6 Å². The summed E-state index contributed by atoms with van der Waals surface area (Å²) in [6.07, 6.45) is 3.00. The van der Waals surface area contributed by atoms with Crippen LogP contribution in [-0.4, -0.2) is 40.7 Å². The van der Waals surface area contributed by atoms with Crippen molar-refractivity contribution in [3.8, 4) is 0 Å². The SMILES string of the molecule is O=C(NC1COCC1Cl)c1cn[nH]c1. The number of nitrogens with one attached hydrogen (secondary N) is 2. The number of ether oxygens (including phenoxy) is 1. The quantitative estimate of drug-likeness (QED) is 0.690. The van der Waals surface area contributed by atoms with Crippen molar-refractivity contribution in [2.75, 3.05) is 13.2 Å². The molecule has 2 atom stereocenters. The number of halogens is 1. The van der Waals surface area contributed by atoms with E-state index in [-0.39, 0.29) is 17.3 Å². The number of aromatic amines is 1. The van der Waals surface area contributed by atoms with Crippen LogP contribution < -0.4 is 5.32 Å². The summed E-state index contributed by atoms with van der Waals surface area (Å²) in [7, 11) is 0. The van der Waals surface area contributed by atoms with Gasteiger partial charge in [0, 0.05) is 6.20 Å². The molecule has 2 unspecified atom stereocenters. The van der Waals surface area contributed by atoms with Gasteiger partial charge in [0.15, 0.2) is 0 Å². The van der Waals surface area contributed by atoms with Crippen LogP contribution >= 0.6 is 11.6 Å². The summed E-state index contributed by atoms with van der Waals surface area (Å²) in [5, 5.41) is 8.89. The molecule has 5 nitrogen and oxygen atoms in total. The van der Waals surface area contributed by atoms with Crippen LogP contribution in [0, 0.1) is 0 Å². The molecule has 2 heterocycles. The molecule has 1 saturated heterocycles. The van der Waals surface area contributed by atoms with Crippen LogP contribution in [0.25, 0.3) is 0 Å². The highest BCUT2D eigenvalue weighted by Gasteiger charge is 2.27. The Morgan fingerprint density at radius 1 is 1.71 bits per heavy atom. The number of rotatable bonds is 2. The Labute approximate surface area is 85.8 Å². The Hall–Kier alpha value is -1.07. The molecule has 1 aromatic rings. The molecule has 1 aromatic heterocycles. The largest absolute Gasteiger partial charge is 0.378 e. The molecular formula is C8H10ClN3O2. The fourth-order valence-electron chi connectivity index (χ4n) is 1.29. The van der Waals surface area contributed by atoms with E-state index in [1.54, 1.807) is 0 Å². The minimum atomic E-state index is -0.181. The molecule has 0 aromatic carbocycles. The monoisotopic (exact) mass is 215 g/mol. The van der Waals surface area contributed by atoms with Crippen LogP contribution in [0.4, 0.5) is 0 Å². The topological polar surface area (TPSA) is 67.0 Å². The molecule has 1 aliphatic rings. The molecule has 14 heavy (non-hydrogen) atoms. The lowest BCUT2D eigenvalue weighted by molar-refractivity contribution is 0.0930. The van der Waals surface area contributed by atoms with Gasteiger partial charge < -0.3 is 10.1 Å². The predicted octanol–water partition coefficient (Wildman–Crippen LogP) is 0.146. The van der Waals surface area contributed by atoms with E-state index in [9.17, 15) is 4.79 Å². The van der Waals surface area contributed by atoms with E-state index in [1.165, 1.54) is 12.4 Å². The van der Waals surface area contributed by atoms with Gasteiger partial charge in [0.05, 0.1) is 36.4 Å². The van der Waals surface area contributed by atoms with Crippen LogP contribution in [-0.2, 0) is 4.74 Å². The highest BCUT2D eigenvalue weighted by Crippen LogP contribution is 2.12. The van der Waals surface area contributed by atoms with E-state index >= 15 is 0 Å². The van der Waals surface area contributed by atoms with Gasteiger partial charge in [-0.2, -0.15) is 5.10 Å². The normalized spacial score (nSPS) is 26.4. The summed E-state index contributed by atoms with van der Waals surface area (Å²) in [6.45, 7) is 0.954. The summed E-state index contributed by atoms with van der Waals surface area (Å²) in [5.41, 5.74) is 0.501. The lowest BCUT2D eigenvalue weighted by Crippen LogP contribution is -2.40. The first-order valence-corrected chi connectivity index (χ1v) is 4.72. The summed E-state index contributed by atoms with van der Waals surface area (Å²) in [4.78, 5) is 11.5. The van der Waals surface area contributed by atoms with E-state index in [0.717, 1.165) is 0 Å². The Morgan fingerprint density at radius 2 is 2.57 bits per heavy atom. The summed E-state index contributed by atoms with van der Waals surface area (Å²) in [5.74, 6) is -0.181. The van der Waals surface area contributed by atoms with E-state index in [0.29, 0.717) is 18.8 Å². The van der Waals surface area contributed by atoms with Gasteiger partial charge in [0.1, 0.15) is 0 Å². The first-order chi connectivity index (χ1) is 6.77. The first kappa shape index (κ1) is 9.48. The maximum absolute atomic E-state index is 11.5. The van der Waals surface area contributed by atoms with E-state index in [4.69, 9.17) is 16.3 Å². The van der Waals surface area contributed by atoms with Crippen LogP contribution in [0.1, 0.15) is 10.4 Å². The molecule has 0 aliphatic carbocycles. The van der Waals surface area contributed by atoms with Crippen molar-refractivity contribution in [1.29, 1.82) is 0 Å². The average molecular weight is 216 g/mol. The van der Waals surface area contributed by atoms with Crippen molar-refractivity contribution in [3.05, 3.63) is 18.0 Å². The van der Waals surface area contributed by atoms with E-state index in [2.05, 4.69) is 15.5 Å². The maximum Gasteiger partial charge on any atom is 0.254 e. The maximum atomic E-state index is 11.5.